The van der Waals surface area contributed by atoms with E-state index >= 15 is 0 Å². The van der Waals surface area contributed by atoms with E-state index in [1.165, 1.54) is 11.3 Å². The second kappa shape index (κ2) is 5.50. The van der Waals surface area contributed by atoms with Gasteiger partial charge in [-0.3, -0.25) is 0 Å². The molecule has 0 fully saturated rings. The van der Waals surface area contributed by atoms with Crippen LogP contribution >= 0.6 is 11.3 Å². The number of carboxylic acid groups (broad SMARTS) is 1. The van der Waals surface area contributed by atoms with Crippen molar-refractivity contribution < 1.29 is 9.90 Å². The third-order valence-corrected chi connectivity index (χ3v) is 4.20. The van der Waals surface area contributed by atoms with Crippen LogP contribution in [-0.2, 0) is 0 Å². The molecule has 1 N–H and O–H groups in total. The van der Waals surface area contributed by atoms with Crippen molar-refractivity contribution in [3.8, 4) is 22.4 Å². The van der Waals surface area contributed by atoms with E-state index in [0.29, 0.717) is 0 Å². The standard InChI is InChI=1S/C17H13NO2S/c1-11-15(18-16(21-11)17(19)20)14-9-7-13(8-10-14)12-5-3-2-4-6-12/h2-10H,1H3,(H,19,20). The van der Waals surface area contributed by atoms with Crippen molar-refractivity contribution in [3.05, 3.63) is 64.5 Å². The van der Waals surface area contributed by atoms with E-state index in [1.54, 1.807) is 0 Å². The molecule has 1 heterocycles. The van der Waals surface area contributed by atoms with Crippen LogP contribution in [0, 0.1) is 6.92 Å². The molecule has 0 amide bonds. The highest BCUT2D eigenvalue weighted by atomic mass is 32.1. The number of aryl methyl sites for hydroxylation is 1. The molecule has 2 aromatic carbocycles. The molecular formula is C17H13NO2S. The van der Waals surface area contributed by atoms with Crippen LogP contribution in [0.2, 0.25) is 0 Å². The highest BCUT2D eigenvalue weighted by Gasteiger charge is 2.14. The van der Waals surface area contributed by atoms with E-state index in [-0.39, 0.29) is 5.01 Å². The Morgan fingerprint density at radius 2 is 1.52 bits per heavy atom. The molecule has 0 spiro atoms. The van der Waals surface area contributed by atoms with Gasteiger partial charge in [0.1, 0.15) is 0 Å². The van der Waals surface area contributed by atoms with Crippen LogP contribution < -0.4 is 0 Å². The van der Waals surface area contributed by atoms with Gasteiger partial charge in [0, 0.05) is 10.4 Å². The number of thiazole rings is 1. The molecule has 0 aliphatic carbocycles. The number of nitrogens with zero attached hydrogens (tertiary/aromatic N) is 1. The summed E-state index contributed by atoms with van der Waals surface area (Å²) in [6.07, 6.45) is 0. The highest BCUT2D eigenvalue weighted by Crippen LogP contribution is 2.29. The molecule has 21 heavy (non-hydrogen) atoms. The molecule has 0 unspecified atom stereocenters. The number of rotatable bonds is 3. The van der Waals surface area contributed by atoms with Crippen molar-refractivity contribution in [1.29, 1.82) is 0 Å². The molecule has 0 atom stereocenters. The minimum absolute atomic E-state index is 0.134. The topological polar surface area (TPSA) is 50.2 Å². The summed E-state index contributed by atoms with van der Waals surface area (Å²) in [4.78, 5) is 16.1. The lowest BCUT2D eigenvalue weighted by molar-refractivity contribution is 0.0696. The first-order valence-electron chi connectivity index (χ1n) is 6.52. The van der Waals surface area contributed by atoms with E-state index in [4.69, 9.17) is 5.11 Å². The lowest BCUT2D eigenvalue weighted by Crippen LogP contribution is -1.94. The molecule has 0 aliphatic rings. The van der Waals surface area contributed by atoms with Gasteiger partial charge in [0.15, 0.2) is 0 Å². The van der Waals surface area contributed by atoms with Crippen LogP contribution in [0.4, 0.5) is 0 Å². The number of carboxylic acids is 1. The molecule has 0 bridgehead atoms. The molecule has 0 radical (unpaired) electrons. The quantitative estimate of drug-likeness (QED) is 0.775. The molecule has 3 rings (SSSR count). The zero-order valence-electron chi connectivity index (χ0n) is 11.4. The van der Waals surface area contributed by atoms with Crippen LogP contribution in [0.25, 0.3) is 22.4 Å². The molecule has 0 saturated heterocycles. The Hall–Kier alpha value is -2.46. The molecule has 104 valence electrons. The predicted molar refractivity (Wildman–Crippen MR) is 84.7 cm³/mol. The number of aromatic nitrogens is 1. The lowest BCUT2D eigenvalue weighted by Gasteiger charge is -2.03. The summed E-state index contributed by atoms with van der Waals surface area (Å²) < 4.78 is 0. The van der Waals surface area contributed by atoms with Gasteiger partial charge in [-0.1, -0.05) is 54.6 Å². The molecule has 1 aromatic heterocycles. The molecule has 0 saturated carbocycles. The summed E-state index contributed by atoms with van der Waals surface area (Å²) in [6, 6.07) is 18.2. The largest absolute Gasteiger partial charge is 0.476 e. The average Bonchev–Trinajstić information content (AvgIpc) is 2.91. The number of hydrogen-bond acceptors (Lipinski definition) is 3. The number of hydrogen-bond donors (Lipinski definition) is 1. The predicted octanol–water partition coefficient (Wildman–Crippen LogP) is 4.48. The fourth-order valence-electron chi connectivity index (χ4n) is 2.21. The van der Waals surface area contributed by atoms with Gasteiger partial charge in [-0.25, -0.2) is 9.78 Å². The van der Waals surface area contributed by atoms with Crippen molar-refractivity contribution in [2.45, 2.75) is 6.92 Å². The van der Waals surface area contributed by atoms with Crippen LogP contribution in [0.15, 0.2) is 54.6 Å². The molecule has 3 nitrogen and oxygen atoms in total. The second-order valence-corrected chi connectivity index (χ2v) is 5.88. The van der Waals surface area contributed by atoms with Gasteiger partial charge in [-0.05, 0) is 18.1 Å². The first-order chi connectivity index (χ1) is 10.1. The van der Waals surface area contributed by atoms with Gasteiger partial charge in [0.25, 0.3) is 0 Å². The Morgan fingerprint density at radius 3 is 2.10 bits per heavy atom. The van der Waals surface area contributed by atoms with Gasteiger partial charge in [-0.2, -0.15) is 0 Å². The van der Waals surface area contributed by atoms with Gasteiger partial charge < -0.3 is 5.11 Å². The summed E-state index contributed by atoms with van der Waals surface area (Å²) in [6.45, 7) is 1.89. The maximum atomic E-state index is 11.0. The van der Waals surface area contributed by atoms with Crippen molar-refractivity contribution in [1.82, 2.24) is 4.98 Å². The summed E-state index contributed by atoms with van der Waals surface area (Å²) in [5, 5.41) is 9.14. The smallest absolute Gasteiger partial charge is 0.365 e. The minimum Gasteiger partial charge on any atom is -0.476 e. The highest BCUT2D eigenvalue weighted by molar-refractivity contribution is 7.13. The molecule has 3 aromatic rings. The SMILES string of the molecule is Cc1sc(C(=O)O)nc1-c1ccc(-c2ccccc2)cc1. The molecular weight excluding hydrogens is 282 g/mol. The van der Waals surface area contributed by atoms with Crippen molar-refractivity contribution in [2.24, 2.45) is 0 Å². The summed E-state index contributed by atoms with van der Waals surface area (Å²) in [7, 11) is 0. The van der Waals surface area contributed by atoms with E-state index in [0.717, 1.165) is 27.3 Å². The number of aromatic carboxylic acids is 1. The zero-order valence-corrected chi connectivity index (χ0v) is 12.2. The summed E-state index contributed by atoms with van der Waals surface area (Å²) >= 11 is 1.21. The van der Waals surface area contributed by atoms with Gasteiger partial charge in [0.05, 0.1) is 5.69 Å². The van der Waals surface area contributed by atoms with Crippen molar-refractivity contribution in [2.75, 3.05) is 0 Å². The fraction of sp³-hybridized carbons (Fsp3) is 0.0588. The van der Waals surface area contributed by atoms with E-state index in [9.17, 15) is 4.79 Å². The Morgan fingerprint density at radius 1 is 0.952 bits per heavy atom. The van der Waals surface area contributed by atoms with Crippen molar-refractivity contribution >= 4 is 17.3 Å². The first-order valence-corrected chi connectivity index (χ1v) is 7.33. The van der Waals surface area contributed by atoms with Gasteiger partial charge in [0.2, 0.25) is 5.01 Å². The maximum absolute atomic E-state index is 11.0. The molecule has 4 heteroatoms. The Kier molecular flexibility index (Phi) is 3.54. The third-order valence-electron chi connectivity index (χ3n) is 3.25. The Balaban J connectivity index is 1.96. The Bertz CT molecular complexity index is 776. The first kappa shape index (κ1) is 13.5. The van der Waals surface area contributed by atoms with E-state index in [2.05, 4.69) is 17.1 Å². The second-order valence-electron chi connectivity index (χ2n) is 4.67. The van der Waals surface area contributed by atoms with Crippen LogP contribution in [0.1, 0.15) is 14.7 Å². The maximum Gasteiger partial charge on any atom is 0.365 e. The van der Waals surface area contributed by atoms with E-state index in [1.807, 2.05) is 49.4 Å². The lowest BCUT2D eigenvalue weighted by atomic mass is 10.0. The summed E-state index contributed by atoms with van der Waals surface area (Å²) in [5.41, 5.74) is 3.98. The van der Waals surface area contributed by atoms with Crippen LogP contribution in [0.3, 0.4) is 0 Å². The van der Waals surface area contributed by atoms with Gasteiger partial charge >= 0.3 is 5.97 Å². The fourth-order valence-corrected chi connectivity index (χ4v) is 2.98. The van der Waals surface area contributed by atoms with E-state index < -0.39 is 5.97 Å². The monoisotopic (exact) mass is 295 g/mol. The number of carbonyl (C=O) groups is 1. The van der Waals surface area contributed by atoms with Crippen LogP contribution in [-0.4, -0.2) is 16.1 Å². The zero-order chi connectivity index (χ0) is 14.8. The minimum atomic E-state index is -0.977. The normalized spacial score (nSPS) is 10.5. The third kappa shape index (κ3) is 2.71. The average molecular weight is 295 g/mol. The molecule has 0 aliphatic heterocycles. The Labute approximate surface area is 126 Å². The van der Waals surface area contributed by atoms with Gasteiger partial charge in [-0.15, -0.1) is 11.3 Å². The van der Waals surface area contributed by atoms with Crippen LogP contribution in [0.5, 0.6) is 0 Å². The summed E-state index contributed by atoms with van der Waals surface area (Å²) in [5.74, 6) is -0.977. The van der Waals surface area contributed by atoms with Crippen molar-refractivity contribution in [3.63, 3.8) is 0 Å². The number of benzene rings is 2.